The molecule has 0 saturated carbocycles. The van der Waals surface area contributed by atoms with Gasteiger partial charge in [0.25, 0.3) is 0 Å². The lowest BCUT2D eigenvalue weighted by molar-refractivity contribution is -0.234. The fourth-order valence-corrected chi connectivity index (χ4v) is 4.85. The van der Waals surface area contributed by atoms with Crippen molar-refractivity contribution >= 4 is 7.82 Å². The van der Waals surface area contributed by atoms with Gasteiger partial charge < -0.3 is 38.6 Å². The van der Waals surface area contributed by atoms with Crippen LogP contribution in [0.3, 0.4) is 0 Å². The van der Waals surface area contributed by atoms with E-state index < -0.39 is 25.6 Å². The van der Waals surface area contributed by atoms with Crippen molar-refractivity contribution in [1.82, 2.24) is 0 Å². The van der Waals surface area contributed by atoms with Crippen LogP contribution in [0.25, 0.3) is 0 Å². The Balaban J connectivity index is 2.07. The van der Waals surface area contributed by atoms with Gasteiger partial charge in [-0.25, -0.2) is 0 Å². The third-order valence-corrected chi connectivity index (χ3v) is 6.08. The molecule has 7 atom stereocenters. The van der Waals surface area contributed by atoms with Crippen molar-refractivity contribution in [3.05, 3.63) is 12.3 Å². The maximum Gasteiger partial charge on any atom is 0.319 e. The maximum absolute atomic E-state index is 12.7. The summed E-state index contributed by atoms with van der Waals surface area (Å²) in [6.07, 6.45) is -1.36. The van der Waals surface area contributed by atoms with Gasteiger partial charge in [0.2, 0.25) is 0 Å². The van der Waals surface area contributed by atoms with Crippen molar-refractivity contribution in [2.24, 2.45) is 5.73 Å². The molecule has 2 fully saturated rings. The van der Waals surface area contributed by atoms with Gasteiger partial charge in [-0.05, 0) is 41.5 Å². The minimum Gasteiger partial charge on any atom is -0.746 e. The summed E-state index contributed by atoms with van der Waals surface area (Å²) in [5, 5.41) is 0. The number of hydrogen-bond acceptors (Lipinski definition) is 9. The Morgan fingerprint density at radius 1 is 1.23 bits per heavy atom. The van der Waals surface area contributed by atoms with Crippen molar-refractivity contribution < 1.29 is 37.5 Å². The highest BCUT2D eigenvalue weighted by Crippen LogP contribution is 2.49. The Hall–Kier alpha value is -0.510. The van der Waals surface area contributed by atoms with Crippen LogP contribution in [-0.2, 0) is 32.6 Å². The second kappa shape index (κ2) is 10.4. The highest BCUT2D eigenvalue weighted by molar-refractivity contribution is 7.46. The van der Waals surface area contributed by atoms with Crippen LogP contribution in [0.1, 0.15) is 54.4 Å². The van der Waals surface area contributed by atoms with Gasteiger partial charge in [0.15, 0.2) is 0 Å². The Bertz CT molecular complexity index is 630. The van der Waals surface area contributed by atoms with Crippen LogP contribution in [0.5, 0.6) is 0 Å². The molecule has 0 radical (unpaired) electrons. The van der Waals surface area contributed by atoms with E-state index in [4.69, 9.17) is 33.7 Å². The van der Waals surface area contributed by atoms with Crippen molar-refractivity contribution in [3.63, 3.8) is 0 Å². The van der Waals surface area contributed by atoms with Gasteiger partial charge in [0, 0.05) is 19.4 Å². The molecule has 2 N–H and O–H groups in total. The molecule has 0 spiro atoms. The predicted molar refractivity (Wildman–Crippen MR) is 110 cm³/mol. The van der Waals surface area contributed by atoms with Crippen LogP contribution in [0.15, 0.2) is 12.3 Å². The minimum absolute atomic E-state index is 0.0437. The molecule has 2 aliphatic rings. The first-order chi connectivity index (χ1) is 13.9. The second-order valence-electron chi connectivity index (χ2n) is 8.72. The molecule has 2 aliphatic heterocycles. The first-order valence-corrected chi connectivity index (χ1v) is 12.0. The molecule has 0 bridgehead atoms. The highest BCUT2D eigenvalue weighted by Gasteiger charge is 2.50. The summed E-state index contributed by atoms with van der Waals surface area (Å²) in [7, 11) is -4.77. The van der Waals surface area contributed by atoms with Crippen LogP contribution >= 0.6 is 7.82 Å². The summed E-state index contributed by atoms with van der Waals surface area (Å²) in [5.74, 6) is -0.0629. The lowest BCUT2D eigenvalue weighted by atomic mass is 9.97. The molecular formula is C20H37NO8P-. The average molecular weight is 450 g/mol. The van der Waals surface area contributed by atoms with Gasteiger partial charge in [-0.3, -0.25) is 4.57 Å². The normalized spacial score (nSPS) is 36.4. The third-order valence-electron chi connectivity index (χ3n) is 5.11. The van der Waals surface area contributed by atoms with E-state index in [9.17, 15) is 9.46 Å². The fraction of sp³-hybridized carbons (Fsp3) is 0.900. The van der Waals surface area contributed by atoms with Gasteiger partial charge >= 0.3 is 7.82 Å². The summed E-state index contributed by atoms with van der Waals surface area (Å²) in [4.78, 5) is 12.7. The zero-order valence-electron chi connectivity index (χ0n) is 18.9. The molecule has 2 saturated heterocycles. The molecule has 1 unspecified atom stereocenters. The molecule has 176 valence electrons. The molecule has 30 heavy (non-hydrogen) atoms. The van der Waals surface area contributed by atoms with Gasteiger partial charge in [0.05, 0.1) is 37.1 Å². The lowest BCUT2D eigenvalue weighted by Crippen LogP contribution is -2.52. The maximum atomic E-state index is 12.7. The zero-order chi connectivity index (χ0) is 22.7. The van der Waals surface area contributed by atoms with E-state index in [0.717, 1.165) is 0 Å². The molecule has 0 aliphatic carbocycles. The van der Waals surface area contributed by atoms with Gasteiger partial charge in [0.1, 0.15) is 23.6 Å². The topological polar surface area (TPSA) is 122 Å². The van der Waals surface area contributed by atoms with Crippen LogP contribution in [0.2, 0.25) is 0 Å². The molecule has 2 heterocycles. The number of phosphoric ester groups is 1. The summed E-state index contributed by atoms with van der Waals surface area (Å²) >= 11 is 0. The fourth-order valence-electron chi connectivity index (χ4n) is 3.83. The van der Waals surface area contributed by atoms with Crippen LogP contribution < -0.4 is 10.6 Å². The van der Waals surface area contributed by atoms with E-state index in [0.29, 0.717) is 12.8 Å². The second-order valence-corrected chi connectivity index (χ2v) is 10.0. The summed E-state index contributed by atoms with van der Waals surface area (Å²) in [6.45, 7) is 15.2. The quantitative estimate of drug-likeness (QED) is 0.373. The summed E-state index contributed by atoms with van der Waals surface area (Å²) in [5.41, 5.74) is 4.86. The third kappa shape index (κ3) is 6.74. The van der Waals surface area contributed by atoms with E-state index in [2.05, 4.69) is 6.58 Å². The number of ether oxygens (including phenoxy) is 4. The Morgan fingerprint density at radius 3 is 2.47 bits per heavy atom. The molecule has 0 amide bonds. The molecule has 2 rings (SSSR count). The van der Waals surface area contributed by atoms with Gasteiger partial charge in [-0.15, -0.1) is 0 Å². The lowest BCUT2D eigenvalue weighted by Gasteiger charge is -2.37. The number of hydrogen-bond donors (Lipinski definition) is 1. The molecule has 0 aromatic rings. The van der Waals surface area contributed by atoms with Crippen molar-refractivity contribution in [1.29, 1.82) is 0 Å². The van der Waals surface area contributed by atoms with Crippen LogP contribution in [0, 0.1) is 0 Å². The van der Waals surface area contributed by atoms with E-state index in [1.54, 1.807) is 0 Å². The van der Waals surface area contributed by atoms with Gasteiger partial charge in [-0.2, -0.15) is 0 Å². The highest BCUT2D eigenvalue weighted by atomic mass is 31.2. The Labute approximate surface area is 179 Å². The number of phosphoric acid groups is 1. The van der Waals surface area contributed by atoms with E-state index >= 15 is 0 Å². The Morgan fingerprint density at radius 2 is 1.90 bits per heavy atom. The standard InChI is InChI=1S/C20H38NO8P/c1-12(2)24-11-20(10-21)18(9-15(6)27-20)29-30(22,23)28-16(7)19-17(25-13(3)4)8-14(5)26-19/h12-15,17-19H,7-11,21H2,1-6H3,(H,22,23)/p-1/t14-,15-,17+,18+,19+,20+/m0/s1. The molecular weight excluding hydrogens is 413 g/mol. The van der Waals surface area contributed by atoms with E-state index in [1.165, 1.54) is 0 Å². The number of nitrogens with two attached hydrogens (primary N) is 1. The smallest absolute Gasteiger partial charge is 0.319 e. The van der Waals surface area contributed by atoms with Crippen molar-refractivity contribution in [2.75, 3.05) is 13.2 Å². The molecule has 0 aromatic heterocycles. The summed E-state index contributed by atoms with van der Waals surface area (Å²) in [6, 6.07) is 0. The monoisotopic (exact) mass is 450 g/mol. The van der Waals surface area contributed by atoms with Crippen LogP contribution in [0.4, 0.5) is 0 Å². The average Bonchev–Trinajstić information content (AvgIpc) is 3.11. The van der Waals surface area contributed by atoms with E-state index in [-0.39, 0.29) is 49.4 Å². The molecule has 10 heteroatoms. The molecule has 9 nitrogen and oxygen atoms in total. The first kappa shape index (κ1) is 25.7. The minimum atomic E-state index is -4.77. The Kier molecular flexibility index (Phi) is 8.93. The first-order valence-electron chi connectivity index (χ1n) is 10.6. The van der Waals surface area contributed by atoms with E-state index in [1.807, 2.05) is 41.5 Å². The predicted octanol–water partition coefficient (Wildman–Crippen LogP) is 2.27. The zero-order valence-corrected chi connectivity index (χ0v) is 19.8. The summed E-state index contributed by atoms with van der Waals surface area (Å²) < 4.78 is 46.5. The largest absolute Gasteiger partial charge is 0.746 e. The SMILES string of the molecule is C=C(OP(=O)([O-])O[C@@H]1C[C@H](C)O[C@]1(CN)COC(C)C)[C@H]1O[C@@H](C)C[C@H]1OC(C)C. The van der Waals surface area contributed by atoms with Gasteiger partial charge in [-0.1, -0.05) is 6.58 Å². The van der Waals surface area contributed by atoms with Crippen molar-refractivity contribution in [2.45, 2.75) is 103 Å². The molecule has 0 aromatic carbocycles. The van der Waals surface area contributed by atoms with Crippen LogP contribution in [-0.4, -0.2) is 61.5 Å². The van der Waals surface area contributed by atoms with Crippen molar-refractivity contribution in [3.8, 4) is 0 Å². The number of rotatable bonds is 11.